The van der Waals surface area contributed by atoms with Crippen molar-refractivity contribution in [3.63, 3.8) is 0 Å². The molecule has 1 aliphatic heterocycles. The molecule has 0 aliphatic carbocycles. The Labute approximate surface area is 154 Å². The summed E-state index contributed by atoms with van der Waals surface area (Å²) in [4.78, 5) is 22.8. The Morgan fingerprint density at radius 1 is 1.19 bits per heavy atom. The van der Waals surface area contributed by atoms with E-state index in [-0.39, 0.29) is 11.9 Å². The molecule has 1 N–H and O–H groups in total. The second-order valence-electron chi connectivity index (χ2n) is 6.12. The SMILES string of the molecule is COc1cc(NC2CCN(C(=O)c3ccc4nsnc4c3)CC2)ncn1. The van der Waals surface area contributed by atoms with Gasteiger partial charge in [0.1, 0.15) is 23.2 Å². The van der Waals surface area contributed by atoms with Crippen LogP contribution in [0.3, 0.4) is 0 Å². The van der Waals surface area contributed by atoms with Crippen LogP contribution in [-0.2, 0) is 0 Å². The molecule has 3 heterocycles. The molecule has 0 atom stereocenters. The van der Waals surface area contributed by atoms with E-state index in [4.69, 9.17) is 4.74 Å². The molecule has 1 amide bonds. The minimum atomic E-state index is 0.0436. The molecule has 0 bridgehead atoms. The fourth-order valence-corrected chi connectivity index (χ4v) is 3.58. The second kappa shape index (κ2) is 7.20. The number of carbonyl (C=O) groups excluding carboxylic acids is 1. The van der Waals surface area contributed by atoms with Crippen molar-refractivity contribution in [2.45, 2.75) is 18.9 Å². The van der Waals surface area contributed by atoms with Crippen molar-refractivity contribution in [1.29, 1.82) is 0 Å². The minimum absolute atomic E-state index is 0.0436. The number of fused-ring (bicyclic) bond motifs is 1. The van der Waals surface area contributed by atoms with E-state index in [1.54, 1.807) is 13.2 Å². The summed E-state index contributed by atoms with van der Waals surface area (Å²) < 4.78 is 13.5. The average Bonchev–Trinajstić information content (AvgIpc) is 3.16. The van der Waals surface area contributed by atoms with Crippen molar-refractivity contribution in [2.75, 3.05) is 25.5 Å². The van der Waals surface area contributed by atoms with Gasteiger partial charge < -0.3 is 15.0 Å². The molecular formula is C17H18N6O2S. The summed E-state index contributed by atoms with van der Waals surface area (Å²) in [6, 6.07) is 7.53. The standard InChI is InChI=1S/C17H18N6O2S/c1-25-16-9-15(18-10-19-16)20-12-4-6-23(7-5-12)17(24)11-2-3-13-14(8-11)22-26-21-13/h2-3,8-10,12H,4-7H2,1H3,(H,18,19,20). The summed E-state index contributed by atoms with van der Waals surface area (Å²) in [5, 5.41) is 3.39. The van der Waals surface area contributed by atoms with Crippen molar-refractivity contribution >= 4 is 34.5 Å². The van der Waals surface area contributed by atoms with Crippen LogP contribution in [0.2, 0.25) is 0 Å². The van der Waals surface area contributed by atoms with Gasteiger partial charge in [-0.2, -0.15) is 8.75 Å². The van der Waals surface area contributed by atoms with E-state index >= 15 is 0 Å². The van der Waals surface area contributed by atoms with Gasteiger partial charge in [0.2, 0.25) is 5.88 Å². The predicted octanol–water partition coefficient (Wildman–Crippen LogP) is 2.21. The third-order valence-corrected chi connectivity index (χ3v) is 5.04. The molecule has 8 nitrogen and oxygen atoms in total. The number of nitrogens with one attached hydrogen (secondary N) is 1. The number of hydrogen-bond acceptors (Lipinski definition) is 8. The van der Waals surface area contributed by atoms with Crippen LogP contribution >= 0.6 is 11.7 Å². The molecule has 1 aliphatic rings. The van der Waals surface area contributed by atoms with Crippen molar-refractivity contribution in [2.24, 2.45) is 0 Å². The Kier molecular flexibility index (Phi) is 4.61. The fraction of sp³-hybridized carbons (Fsp3) is 0.353. The van der Waals surface area contributed by atoms with E-state index in [2.05, 4.69) is 24.0 Å². The Balaban J connectivity index is 1.37. The first-order valence-corrected chi connectivity index (χ1v) is 9.10. The van der Waals surface area contributed by atoms with Gasteiger partial charge >= 0.3 is 0 Å². The van der Waals surface area contributed by atoms with E-state index in [0.717, 1.165) is 41.4 Å². The molecule has 1 saturated heterocycles. The highest BCUT2D eigenvalue weighted by atomic mass is 32.1. The van der Waals surface area contributed by atoms with Crippen LogP contribution in [0.25, 0.3) is 11.0 Å². The lowest BCUT2D eigenvalue weighted by Gasteiger charge is -2.32. The van der Waals surface area contributed by atoms with Crippen LogP contribution in [0.5, 0.6) is 5.88 Å². The van der Waals surface area contributed by atoms with E-state index in [1.165, 1.54) is 6.33 Å². The highest BCUT2D eigenvalue weighted by Crippen LogP contribution is 2.20. The molecule has 134 valence electrons. The molecule has 0 radical (unpaired) electrons. The van der Waals surface area contributed by atoms with Crippen molar-refractivity contribution in [1.82, 2.24) is 23.6 Å². The van der Waals surface area contributed by atoms with Crippen LogP contribution in [-0.4, -0.2) is 55.8 Å². The van der Waals surface area contributed by atoms with Crippen LogP contribution in [0, 0.1) is 0 Å². The molecule has 26 heavy (non-hydrogen) atoms. The van der Waals surface area contributed by atoms with Gasteiger partial charge in [-0.15, -0.1) is 0 Å². The molecule has 0 unspecified atom stereocenters. The molecule has 1 fully saturated rings. The summed E-state index contributed by atoms with van der Waals surface area (Å²) in [5.41, 5.74) is 2.27. The lowest BCUT2D eigenvalue weighted by Crippen LogP contribution is -2.42. The summed E-state index contributed by atoms with van der Waals surface area (Å²) >= 11 is 1.16. The number of piperidine rings is 1. The largest absolute Gasteiger partial charge is 0.481 e. The Morgan fingerprint density at radius 3 is 2.81 bits per heavy atom. The number of methoxy groups -OCH3 is 1. The zero-order valence-corrected chi connectivity index (χ0v) is 15.1. The Morgan fingerprint density at radius 2 is 2.00 bits per heavy atom. The first-order valence-electron chi connectivity index (χ1n) is 8.37. The normalized spacial score (nSPS) is 15.2. The first-order chi connectivity index (χ1) is 12.7. The average molecular weight is 370 g/mol. The Hall–Kier alpha value is -2.81. The predicted molar refractivity (Wildman–Crippen MR) is 98.5 cm³/mol. The van der Waals surface area contributed by atoms with E-state index in [1.807, 2.05) is 23.1 Å². The lowest BCUT2D eigenvalue weighted by atomic mass is 10.0. The zero-order chi connectivity index (χ0) is 17.9. The molecule has 4 rings (SSSR count). The van der Waals surface area contributed by atoms with Crippen LogP contribution < -0.4 is 10.1 Å². The smallest absolute Gasteiger partial charge is 0.253 e. The van der Waals surface area contributed by atoms with Gasteiger partial charge in [-0.3, -0.25) is 4.79 Å². The van der Waals surface area contributed by atoms with Gasteiger partial charge in [-0.25, -0.2) is 9.97 Å². The molecule has 3 aromatic rings. The maximum absolute atomic E-state index is 12.7. The fourth-order valence-electron chi connectivity index (χ4n) is 3.06. The van der Waals surface area contributed by atoms with E-state index in [0.29, 0.717) is 24.5 Å². The topological polar surface area (TPSA) is 93.1 Å². The highest BCUT2D eigenvalue weighted by Gasteiger charge is 2.24. The van der Waals surface area contributed by atoms with Crippen molar-refractivity contribution < 1.29 is 9.53 Å². The maximum atomic E-state index is 12.7. The Bertz CT molecular complexity index is 922. The first kappa shape index (κ1) is 16.6. The van der Waals surface area contributed by atoms with Crippen molar-refractivity contribution in [3.8, 4) is 5.88 Å². The highest BCUT2D eigenvalue weighted by molar-refractivity contribution is 7.00. The van der Waals surface area contributed by atoms with E-state index < -0.39 is 0 Å². The van der Waals surface area contributed by atoms with Gasteiger partial charge in [0.05, 0.1) is 18.8 Å². The van der Waals surface area contributed by atoms with E-state index in [9.17, 15) is 4.79 Å². The number of benzene rings is 1. The lowest BCUT2D eigenvalue weighted by molar-refractivity contribution is 0.0718. The monoisotopic (exact) mass is 370 g/mol. The van der Waals surface area contributed by atoms with Gasteiger partial charge in [-0.05, 0) is 31.0 Å². The number of carbonyl (C=O) groups is 1. The number of rotatable bonds is 4. The zero-order valence-electron chi connectivity index (χ0n) is 14.3. The van der Waals surface area contributed by atoms with Gasteiger partial charge in [0, 0.05) is 30.8 Å². The quantitative estimate of drug-likeness (QED) is 0.752. The molecule has 0 spiro atoms. The van der Waals surface area contributed by atoms with Crippen LogP contribution in [0.4, 0.5) is 5.82 Å². The minimum Gasteiger partial charge on any atom is -0.481 e. The second-order valence-corrected chi connectivity index (χ2v) is 6.65. The molecule has 9 heteroatoms. The third kappa shape index (κ3) is 3.43. The summed E-state index contributed by atoms with van der Waals surface area (Å²) in [6.07, 6.45) is 3.19. The number of nitrogens with zero attached hydrogens (tertiary/aromatic N) is 5. The third-order valence-electron chi connectivity index (χ3n) is 4.49. The molecule has 0 saturated carbocycles. The van der Waals surface area contributed by atoms with Gasteiger partial charge in [-0.1, -0.05) is 0 Å². The number of anilines is 1. The molecular weight excluding hydrogens is 352 g/mol. The maximum Gasteiger partial charge on any atom is 0.253 e. The molecule has 2 aromatic heterocycles. The van der Waals surface area contributed by atoms with Crippen LogP contribution in [0.1, 0.15) is 23.2 Å². The van der Waals surface area contributed by atoms with Crippen LogP contribution in [0.15, 0.2) is 30.6 Å². The summed E-state index contributed by atoms with van der Waals surface area (Å²) in [6.45, 7) is 1.40. The van der Waals surface area contributed by atoms with Gasteiger partial charge in [0.25, 0.3) is 5.91 Å². The number of ether oxygens (including phenoxy) is 1. The number of aromatic nitrogens is 4. The summed E-state index contributed by atoms with van der Waals surface area (Å²) in [5.74, 6) is 1.31. The number of likely N-dealkylation sites (tertiary alicyclic amines) is 1. The van der Waals surface area contributed by atoms with Crippen molar-refractivity contribution in [3.05, 3.63) is 36.2 Å². The number of hydrogen-bond donors (Lipinski definition) is 1. The number of amides is 1. The molecule has 1 aromatic carbocycles. The summed E-state index contributed by atoms with van der Waals surface area (Å²) in [7, 11) is 1.58. The van der Waals surface area contributed by atoms with Gasteiger partial charge in [0.15, 0.2) is 0 Å².